The van der Waals surface area contributed by atoms with Gasteiger partial charge in [-0.2, -0.15) is 0 Å². The van der Waals surface area contributed by atoms with Gasteiger partial charge in [0.05, 0.1) is 19.4 Å². The van der Waals surface area contributed by atoms with Crippen molar-refractivity contribution in [1.29, 1.82) is 0 Å². The lowest BCUT2D eigenvalue weighted by Gasteiger charge is -2.34. The summed E-state index contributed by atoms with van der Waals surface area (Å²) in [5.74, 6) is -0.192. The van der Waals surface area contributed by atoms with Crippen molar-refractivity contribution >= 4 is 18.0 Å². The van der Waals surface area contributed by atoms with Crippen LogP contribution in [0.25, 0.3) is 6.08 Å². The van der Waals surface area contributed by atoms with Crippen molar-refractivity contribution in [1.82, 2.24) is 0 Å². The Hall–Kier alpha value is -3.40. The number of esters is 1. The molecule has 1 unspecified atom stereocenters. The third-order valence-corrected chi connectivity index (χ3v) is 5.80. The summed E-state index contributed by atoms with van der Waals surface area (Å²) in [5, 5.41) is 8.55. The molecule has 1 aliphatic heterocycles. The van der Waals surface area contributed by atoms with Crippen molar-refractivity contribution < 1.29 is 43.4 Å². The molecular weight excluding hydrogens is 468 g/mol. The second-order valence-electron chi connectivity index (χ2n) is 8.61. The summed E-state index contributed by atoms with van der Waals surface area (Å²) >= 11 is 0. The molecule has 1 saturated carbocycles. The number of rotatable bonds is 11. The third kappa shape index (κ3) is 7.81. The Morgan fingerprint density at radius 2 is 1.61 bits per heavy atom. The Kier molecular flexibility index (Phi) is 8.94. The summed E-state index contributed by atoms with van der Waals surface area (Å²) in [6.07, 6.45) is 7.22. The zero-order valence-corrected chi connectivity index (χ0v) is 19.9. The van der Waals surface area contributed by atoms with E-state index in [0.29, 0.717) is 23.9 Å². The van der Waals surface area contributed by atoms with Crippen molar-refractivity contribution in [2.45, 2.75) is 50.4 Å². The van der Waals surface area contributed by atoms with Crippen LogP contribution >= 0.6 is 0 Å². The van der Waals surface area contributed by atoms with Gasteiger partial charge >= 0.3 is 11.9 Å². The SMILES string of the molecule is O=C(O)CCC(=O)OCCOc1ccc(Oc2ccc(C=CC3COC4(CCCC4)OO3)cc2)cc1. The number of ether oxygens (including phenoxy) is 4. The van der Waals surface area contributed by atoms with Gasteiger partial charge in [-0.1, -0.05) is 18.2 Å². The fraction of sp³-hybridized carbons (Fsp3) is 0.407. The molecule has 2 aliphatic rings. The maximum Gasteiger partial charge on any atom is 0.306 e. The van der Waals surface area contributed by atoms with E-state index in [9.17, 15) is 9.59 Å². The lowest BCUT2D eigenvalue weighted by atomic mass is 10.1. The summed E-state index contributed by atoms with van der Waals surface area (Å²) < 4.78 is 22.2. The second kappa shape index (κ2) is 12.5. The van der Waals surface area contributed by atoms with Crippen LogP contribution in [-0.2, 0) is 28.8 Å². The van der Waals surface area contributed by atoms with Gasteiger partial charge in [0.2, 0.25) is 5.79 Å². The largest absolute Gasteiger partial charge is 0.490 e. The van der Waals surface area contributed by atoms with Crippen LogP contribution in [-0.4, -0.2) is 48.8 Å². The van der Waals surface area contributed by atoms with E-state index in [4.69, 9.17) is 33.8 Å². The number of carboxylic acid groups (broad SMARTS) is 1. The number of carbonyl (C=O) groups excluding carboxylic acids is 1. The molecule has 1 aliphatic carbocycles. The first-order valence-electron chi connectivity index (χ1n) is 12.0. The maximum absolute atomic E-state index is 11.4. The average Bonchev–Trinajstić information content (AvgIpc) is 3.35. The Balaban J connectivity index is 1.16. The van der Waals surface area contributed by atoms with Gasteiger partial charge in [0, 0.05) is 12.8 Å². The summed E-state index contributed by atoms with van der Waals surface area (Å²) in [6, 6.07) is 14.7. The molecule has 1 atom stereocenters. The van der Waals surface area contributed by atoms with Crippen LogP contribution < -0.4 is 9.47 Å². The van der Waals surface area contributed by atoms with Gasteiger partial charge in [0.1, 0.15) is 36.6 Å². The van der Waals surface area contributed by atoms with Crippen LogP contribution in [0.5, 0.6) is 17.2 Å². The molecule has 1 N–H and O–H groups in total. The monoisotopic (exact) mass is 498 g/mol. The lowest BCUT2D eigenvalue weighted by Crippen LogP contribution is -2.42. The van der Waals surface area contributed by atoms with Crippen molar-refractivity contribution in [2.75, 3.05) is 19.8 Å². The van der Waals surface area contributed by atoms with E-state index in [1.807, 2.05) is 36.4 Å². The van der Waals surface area contributed by atoms with E-state index < -0.39 is 17.7 Å². The Morgan fingerprint density at radius 3 is 2.25 bits per heavy atom. The molecule has 9 heteroatoms. The zero-order chi connectivity index (χ0) is 25.2. The van der Waals surface area contributed by atoms with Crippen LogP contribution in [0.1, 0.15) is 44.1 Å². The smallest absolute Gasteiger partial charge is 0.306 e. The van der Waals surface area contributed by atoms with Crippen molar-refractivity contribution in [3.05, 3.63) is 60.2 Å². The highest BCUT2D eigenvalue weighted by atomic mass is 17.2. The minimum atomic E-state index is -1.04. The maximum atomic E-state index is 11.4. The quantitative estimate of drug-likeness (QED) is 0.263. The van der Waals surface area contributed by atoms with Gasteiger partial charge < -0.3 is 24.1 Å². The van der Waals surface area contributed by atoms with Crippen LogP contribution in [0.2, 0.25) is 0 Å². The van der Waals surface area contributed by atoms with Gasteiger partial charge in [-0.25, -0.2) is 9.78 Å². The van der Waals surface area contributed by atoms with Crippen LogP contribution in [0.4, 0.5) is 0 Å². The van der Waals surface area contributed by atoms with Crippen LogP contribution in [0, 0.1) is 0 Å². The summed E-state index contributed by atoms with van der Waals surface area (Å²) in [5.41, 5.74) is 1.000. The number of hydrogen-bond acceptors (Lipinski definition) is 8. The van der Waals surface area contributed by atoms with E-state index in [0.717, 1.165) is 31.2 Å². The molecule has 4 rings (SSSR count). The normalized spacial score (nSPS) is 18.8. The number of carboxylic acids is 1. The molecule has 9 nitrogen and oxygen atoms in total. The van der Waals surface area contributed by atoms with E-state index in [-0.39, 0.29) is 32.2 Å². The van der Waals surface area contributed by atoms with Gasteiger partial charge in [0.15, 0.2) is 0 Å². The summed E-state index contributed by atoms with van der Waals surface area (Å²) in [4.78, 5) is 32.9. The molecular formula is C27H30O9. The van der Waals surface area contributed by atoms with Crippen molar-refractivity contribution in [3.63, 3.8) is 0 Å². The molecule has 1 heterocycles. The highest BCUT2D eigenvalue weighted by Gasteiger charge is 2.41. The topological polar surface area (TPSA) is 110 Å². The van der Waals surface area contributed by atoms with Crippen molar-refractivity contribution in [2.24, 2.45) is 0 Å². The first kappa shape index (κ1) is 25.7. The molecule has 1 spiro atoms. The van der Waals surface area contributed by atoms with Gasteiger partial charge in [-0.05, 0) is 60.9 Å². The third-order valence-electron chi connectivity index (χ3n) is 5.80. The standard InChI is InChI=1S/C27H30O9/c28-25(29)13-14-26(30)32-18-17-31-21-9-11-23(12-10-21)34-22-6-3-20(4-7-22)5-8-24-19-33-27(36-35-24)15-1-2-16-27/h3-12,24H,1-2,13-19H2,(H,28,29). The number of hydrogen-bond donors (Lipinski definition) is 1. The minimum absolute atomic E-state index is 0.0468. The molecule has 36 heavy (non-hydrogen) atoms. The van der Waals surface area contributed by atoms with Gasteiger partial charge in [-0.3, -0.25) is 9.59 Å². The number of benzene rings is 2. The van der Waals surface area contributed by atoms with Crippen molar-refractivity contribution in [3.8, 4) is 17.2 Å². The fourth-order valence-electron chi connectivity index (χ4n) is 3.87. The molecule has 192 valence electrons. The first-order valence-corrected chi connectivity index (χ1v) is 12.0. The van der Waals surface area contributed by atoms with E-state index >= 15 is 0 Å². The number of aliphatic carboxylic acids is 1. The van der Waals surface area contributed by atoms with E-state index in [1.54, 1.807) is 24.3 Å². The fourth-order valence-corrected chi connectivity index (χ4v) is 3.87. The molecule has 0 amide bonds. The Morgan fingerprint density at radius 1 is 0.944 bits per heavy atom. The molecule has 2 fully saturated rings. The second-order valence-corrected chi connectivity index (χ2v) is 8.61. The molecule has 0 bridgehead atoms. The zero-order valence-electron chi connectivity index (χ0n) is 19.9. The highest BCUT2D eigenvalue weighted by molar-refractivity contribution is 5.76. The first-order chi connectivity index (χ1) is 17.5. The minimum Gasteiger partial charge on any atom is -0.490 e. The predicted molar refractivity (Wildman–Crippen MR) is 128 cm³/mol. The molecule has 0 radical (unpaired) electrons. The lowest BCUT2D eigenvalue weighted by molar-refractivity contribution is -0.477. The summed E-state index contributed by atoms with van der Waals surface area (Å²) in [7, 11) is 0. The molecule has 1 saturated heterocycles. The Labute approximate surface area is 209 Å². The Bertz CT molecular complexity index is 1010. The molecule has 0 aromatic heterocycles. The highest BCUT2D eigenvalue weighted by Crippen LogP contribution is 2.37. The van der Waals surface area contributed by atoms with E-state index in [1.165, 1.54) is 0 Å². The predicted octanol–water partition coefficient (Wildman–Crippen LogP) is 4.90. The van der Waals surface area contributed by atoms with Gasteiger partial charge in [0.25, 0.3) is 0 Å². The number of carbonyl (C=O) groups is 2. The van der Waals surface area contributed by atoms with E-state index in [2.05, 4.69) is 0 Å². The summed E-state index contributed by atoms with van der Waals surface area (Å²) in [6.45, 7) is 0.694. The van der Waals surface area contributed by atoms with Crippen LogP contribution in [0.15, 0.2) is 54.6 Å². The molecule has 2 aromatic rings. The average molecular weight is 499 g/mol. The van der Waals surface area contributed by atoms with Crippen LogP contribution in [0.3, 0.4) is 0 Å². The molecule has 2 aromatic carbocycles. The van der Waals surface area contributed by atoms with Gasteiger partial charge in [-0.15, -0.1) is 0 Å².